The first-order valence-corrected chi connectivity index (χ1v) is 5.77. The molecule has 100 valence electrons. The van der Waals surface area contributed by atoms with Crippen LogP contribution in [0.5, 0.6) is 0 Å². The molecule has 3 aromatic rings. The first kappa shape index (κ1) is 12.3. The number of benzene rings is 2. The van der Waals surface area contributed by atoms with E-state index in [1.807, 2.05) is 0 Å². The highest BCUT2D eigenvalue weighted by molar-refractivity contribution is 5.78. The molecule has 0 spiro atoms. The molecule has 0 radical (unpaired) electrons. The Morgan fingerprint density at radius 3 is 2.35 bits per heavy atom. The van der Waals surface area contributed by atoms with Gasteiger partial charge in [0.2, 0.25) is 0 Å². The number of nitrogens with zero attached hydrogens (tertiary/aromatic N) is 1. The van der Waals surface area contributed by atoms with E-state index in [1.54, 1.807) is 0 Å². The first-order chi connectivity index (χ1) is 9.58. The lowest BCUT2D eigenvalue weighted by Gasteiger charge is -2.06. The smallest absolute Gasteiger partial charge is 0.306 e. The van der Waals surface area contributed by atoms with E-state index in [-0.39, 0.29) is 16.6 Å². The van der Waals surface area contributed by atoms with Crippen molar-refractivity contribution in [1.82, 2.24) is 9.55 Å². The van der Waals surface area contributed by atoms with Crippen LogP contribution in [0.3, 0.4) is 0 Å². The molecule has 0 amide bonds. The standard InChI is InChI=1S/C14H8F2N2O2/c15-8-4-6-9(7-5-8)18-13(19)12-10(16)2-1-3-11(12)17-14(18)20/h1-7H,(H,17,20). The van der Waals surface area contributed by atoms with Gasteiger partial charge in [-0.05, 0) is 36.4 Å². The predicted molar refractivity (Wildman–Crippen MR) is 70.1 cm³/mol. The largest absolute Gasteiger partial charge is 0.333 e. The van der Waals surface area contributed by atoms with E-state index in [0.29, 0.717) is 0 Å². The van der Waals surface area contributed by atoms with Gasteiger partial charge in [0, 0.05) is 0 Å². The average Bonchev–Trinajstić information content (AvgIpc) is 2.40. The Kier molecular flexibility index (Phi) is 2.71. The number of aromatic nitrogens is 2. The summed E-state index contributed by atoms with van der Waals surface area (Å²) in [5.74, 6) is -1.22. The Balaban J connectivity index is 2.43. The Labute approximate surface area is 110 Å². The maximum atomic E-state index is 13.7. The van der Waals surface area contributed by atoms with Crippen molar-refractivity contribution in [2.45, 2.75) is 0 Å². The van der Waals surface area contributed by atoms with E-state index >= 15 is 0 Å². The second-order valence-corrected chi connectivity index (χ2v) is 4.21. The average molecular weight is 274 g/mol. The molecule has 2 aromatic carbocycles. The summed E-state index contributed by atoms with van der Waals surface area (Å²) in [6.45, 7) is 0. The van der Waals surface area contributed by atoms with Gasteiger partial charge in [0.05, 0.1) is 16.6 Å². The number of fused-ring (bicyclic) bond motifs is 1. The summed E-state index contributed by atoms with van der Waals surface area (Å²) >= 11 is 0. The Morgan fingerprint density at radius 2 is 1.65 bits per heavy atom. The van der Waals surface area contributed by atoms with Crippen LogP contribution in [0.25, 0.3) is 16.6 Å². The lowest BCUT2D eigenvalue weighted by molar-refractivity contribution is 0.626. The summed E-state index contributed by atoms with van der Waals surface area (Å²) in [6.07, 6.45) is 0. The van der Waals surface area contributed by atoms with Gasteiger partial charge in [0.1, 0.15) is 11.6 Å². The minimum absolute atomic E-state index is 0.123. The minimum atomic E-state index is -0.784. The normalized spacial score (nSPS) is 10.9. The quantitative estimate of drug-likeness (QED) is 0.737. The van der Waals surface area contributed by atoms with Crippen LogP contribution in [0, 0.1) is 11.6 Å². The van der Waals surface area contributed by atoms with Gasteiger partial charge in [0.15, 0.2) is 0 Å². The highest BCUT2D eigenvalue weighted by atomic mass is 19.1. The molecule has 0 saturated carbocycles. The van der Waals surface area contributed by atoms with E-state index in [0.717, 1.165) is 22.8 Å². The van der Waals surface area contributed by atoms with Crippen LogP contribution in [-0.4, -0.2) is 9.55 Å². The zero-order valence-electron chi connectivity index (χ0n) is 10.1. The lowest BCUT2D eigenvalue weighted by Crippen LogP contribution is -2.34. The van der Waals surface area contributed by atoms with Crippen LogP contribution < -0.4 is 11.2 Å². The molecule has 20 heavy (non-hydrogen) atoms. The second-order valence-electron chi connectivity index (χ2n) is 4.21. The van der Waals surface area contributed by atoms with Gasteiger partial charge in [-0.3, -0.25) is 4.79 Å². The molecule has 0 aliphatic carbocycles. The fourth-order valence-electron chi connectivity index (χ4n) is 2.05. The molecule has 0 bridgehead atoms. The van der Waals surface area contributed by atoms with E-state index in [1.165, 1.54) is 24.3 Å². The Morgan fingerprint density at radius 1 is 0.950 bits per heavy atom. The highest BCUT2D eigenvalue weighted by Crippen LogP contribution is 2.11. The van der Waals surface area contributed by atoms with Crippen LogP contribution >= 0.6 is 0 Å². The zero-order valence-corrected chi connectivity index (χ0v) is 10.1. The second kappa shape index (κ2) is 4.41. The van der Waals surface area contributed by atoms with Gasteiger partial charge in [0.25, 0.3) is 5.56 Å². The maximum Gasteiger partial charge on any atom is 0.333 e. The van der Waals surface area contributed by atoms with Crippen molar-refractivity contribution in [2.75, 3.05) is 0 Å². The minimum Gasteiger partial charge on any atom is -0.306 e. The van der Waals surface area contributed by atoms with Gasteiger partial charge >= 0.3 is 5.69 Å². The number of H-pyrrole nitrogens is 1. The molecular formula is C14H8F2N2O2. The molecule has 0 atom stereocenters. The van der Waals surface area contributed by atoms with E-state index < -0.39 is 22.9 Å². The van der Waals surface area contributed by atoms with E-state index in [2.05, 4.69) is 4.98 Å². The van der Waals surface area contributed by atoms with Gasteiger partial charge in [-0.2, -0.15) is 0 Å². The SMILES string of the molecule is O=c1[nH]c2cccc(F)c2c(=O)n1-c1ccc(F)cc1. The molecule has 1 heterocycles. The third-order valence-corrected chi connectivity index (χ3v) is 2.96. The van der Waals surface area contributed by atoms with Crippen molar-refractivity contribution >= 4 is 10.9 Å². The molecule has 1 aromatic heterocycles. The fraction of sp³-hybridized carbons (Fsp3) is 0. The van der Waals surface area contributed by atoms with Crippen molar-refractivity contribution in [3.8, 4) is 5.69 Å². The number of nitrogens with one attached hydrogen (secondary N) is 1. The Bertz CT molecular complexity index is 911. The number of rotatable bonds is 1. The molecule has 0 fully saturated rings. The van der Waals surface area contributed by atoms with E-state index in [9.17, 15) is 18.4 Å². The van der Waals surface area contributed by atoms with Crippen LogP contribution in [-0.2, 0) is 0 Å². The predicted octanol–water partition coefficient (Wildman–Crippen LogP) is 1.96. The number of halogens is 2. The number of hydrogen-bond acceptors (Lipinski definition) is 2. The first-order valence-electron chi connectivity index (χ1n) is 5.77. The van der Waals surface area contributed by atoms with Crippen molar-refractivity contribution in [3.63, 3.8) is 0 Å². The topological polar surface area (TPSA) is 54.9 Å². The summed E-state index contributed by atoms with van der Waals surface area (Å²) in [5, 5.41) is -0.212. The zero-order chi connectivity index (χ0) is 14.3. The molecule has 1 N–H and O–H groups in total. The van der Waals surface area contributed by atoms with Crippen molar-refractivity contribution in [2.24, 2.45) is 0 Å². The molecule has 0 saturated heterocycles. The van der Waals surface area contributed by atoms with Gasteiger partial charge < -0.3 is 4.98 Å². The fourth-order valence-corrected chi connectivity index (χ4v) is 2.05. The van der Waals surface area contributed by atoms with Crippen molar-refractivity contribution in [1.29, 1.82) is 0 Å². The van der Waals surface area contributed by atoms with Crippen molar-refractivity contribution in [3.05, 3.63) is 74.9 Å². The summed E-state index contributed by atoms with van der Waals surface area (Å²) in [7, 11) is 0. The lowest BCUT2D eigenvalue weighted by atomic mass is 10.2. The van der Waals surface area contributed by atoms with E-state index in [4.69, 9.17) is 0 Å². The summed E-state index contributed by atoms with van der Waals surface area (Å²) < 4.78 is 27.4. The van der Waals surface area contributed by atoms with Crippen molar-refractivity contribution < 1.29 is 8.78 Å². The highest BCUT2D eigenvalue weighted by Gasteiger charge is 2.12. The number of hydrogen-bond donors (Lipinski definition) is 1. The molecule has 3 rings (SSSR count). The van der Waals surface area contributed by atoms with Crippen LogP contribution in [0.2, 0.25) is 0 Å². The molecule has 4 nitrogen and oxygen atoms in total. The van der Waals surface area contributed by atoms with Gasteiger partial charge in [-0.1, -0.05) is 6.07 Å². The van der Waals surface area contributed by atoms with Crippen LogP contribution in [0.1, 0.15) is 0 Å². The summed E-state index contributed by atoms with van der Waals surface area (Å²) in [5.41, 5.74) is -1.20. The monoisotopic (exact) mass is 274 g/mol. The van der Waals surface area contributed by atoms with Gasteiger partial charge in [-0.15, -0.1) is 0 Å². The third kappa shape index (κ3) is 1.82. The molecule has 0 aliphatic rings. The summed E-state index contributed by atoms with van der Waals surface area (Å²) in [4.78, 5) is 26.6. The number of aromatic amines is 1. The van der Waals surface area contributed by atoms with Gasteiger partial charge in [-0.25, -0.2) is 18.1 Å². The summed E-state index contributed by atoms with van der Waals surface area (Å²) in [6, 6.07) is 8.76. The Hall–Kier alpha value is -2.76. The molecular weight excluding hydrogens is 266 g/mol. The third-order valence-electron chi connectivity index (χ3n) is 2.96. The molecule has 0 unspecified atom stereocenters. The molecule has 0 aliphatic heterocycles. The van der Waals surface area contributed by atoms with Crippen LogP contribution in [0.15, 0.2) is 52.1 Å². The maximum absolute atomic E-state index is 13.7. The van der Waals surface area contributed by atoms with Crippen LogP contribution in [0.4, 0.5) is 8.78 Å². The molecule has 6 heteroatoms.